The summed E-state index contributed by atoms with van der Waals surface area (Å²) in [5, 5.41) is 1.23. The third-order valence-corrected chi connectivity index (χ3v) is 4.27. The molecule has 2 N–H and O–H groups in total. The minimum Gasteiger partial charge on any atom is -0.383 e. The van der Waals surface area contributed by atoms with E-state index in [-0.39, 0.29) is 0 Å². The van der Waals surface area contributed by atoms with Crippen molar-refractivity contribution < 1.29 is 0 Å². The molecule has 6 heteroatoms. The van der Waals surface area contributed by atoms with Crippen molar-refractivity contribution in [2.24, 2.45) is 0 Å². The lowest BCUT2D eigenvalue weighted by Crippen LogP contribution is -1.93. The van der Waals surface area contributed by atoms with Crippen molar-refractivity contribution in [2.45, 2.75) is 0 Å². The van der Waals surface area contributed by atoms with Gasteiger partial charge in [0.15, 0.2) is 0 Å². The molecule has 0 unspecified atom stereocenters. The van der Waals surface area contributed by atoms with Gasteiger partial charge in [0.25, 0.3) is 0 Å². The van der Waals surface area contributed by atoms with Crippen LogP contribution >= 0.6 is 39.1 Å². The molecule has 0 aliphatic heterocycles. The number of nitrogens with zero attached hydrogens (tertiary/aromatic N) is 2. The second kappa shape index (κ2) is 4.71. The van der Waals surface area contributed by atoms with E-state index in [0.717, 1.165) is 15.7 Å². The molecular formula is C13H8BrCl2N3. The Labute approximate surface area is 128 Å². The molecule has 0 fully saturated rings. The zero-order valence-corrected chi connectivity index (χ0v) is 12.7. The first-order valence-electron chi connectivity index (χ1n) is 5.45. The van der Waals surface area contributed by atoms with Crippen molar-refractivity contribution in [3.8, 4) is 11.3 Å². The van der Waals surface area contributed by atoms with Crippen LogP contribution in [-0.2, 0) is 0 Å². The van der Waals surface area contributed by atoms with Crippen LogP contribution in [0.2, 0.25) is 10.0 Å². The van der Waals surface area contributed by atoms with Crippen LogP contribution in [0.1, 0.15) is 0 Å². The van der Waals surface area contributed by atoms with Gasteiger partial charge in [-0.2, -0.15) is 0 Å². The van der Waals surface area contributed by atoms with Gasteiger partial charge in [-0.05, 0) is 40.2 Å². The minimum atomic E-state index is 0.538. The quantitative estimate of drug-likeness (QED) is 0.689. The summed E-state index contributed by atoms with van der Waals surface area (Å²) in [5.74, 6) is 0.538. The lowest BCUT2D eigenvalue weighted by Gasteiger charge is -2.02. The highest BCUT2D eigenvalue weighted by atomic mass is 79.9. The van der Waals surface area contributed by atoms with Crippen LogP contribution in [0, 0.1) is 0 Å². The number of anilines is 1. The average molecular weight is 357 g/mol. The summed E-state index contributed by atoms with van der Waals surface area (Å²) in [6.07, 6.45) is 1.74. The van der Waals surface area contributed by atoms with Gasteiger partial charge in [-0.3, -0.25) is 4.40 Å². The van der Waals surface area contributed by atoms with Crippen molar-refractivity contribution in [3.05, 3.63) is 51.0 Å². The highest BCUT2D eigenvalue weighted by molar-refractivity contribution is 9.10. The first-order chi connectivity index (χ1) is 9.06. The number of hydrogen-bond donors (Lipinski definition) is 1. The maximum Gasteiger partial charge on any atom is 0.139 e. The van der Waals surface area contributed by atoms with Crippen LogP contribution in [0.25, 0.3) is 16.9 Å². The Hall–Kier alpha value is -1.23. The number of aromatic nitrogens is 2. The molecule has 1 aromatic carbocycles. The molecule has 0 atom stereocenters. The average Bonchev–Trinajstić information content (AvgIpc) is 2.70. The van der Waals surface area contributed by atoms with Crippen LogP contribution in [-0.4, -0.2) is 9.38 Å². The van der Waals surface area contributed by atoms with Crippen molar-refractivity contribution in [1.82, 2.24) is 9.38 Å². The number of hydrogen-bond acceptors (Lipinski definition) is 2. The molecule has 19 heavy (non-hydrogen) atoms. The van der Waals surface area contributed by atoms with E-state index in [9.17, 15) is 0 Å². The van der Waals surface area contributed by atoms with Crippen molar-refractivity contribution in [3.63, 3.8) is 0 Å². The van der Waals surface area contributed by atoms with Crippen molar-refractivity contribution in [1.29, 1.82) is 0 Å². The number of pyridine rings is 1. The first-order valence-corrected chi connectivity index (χ1v) is 6.99. The van der Waals surface area contributed by atoms with Gasteiger partial charge in [0, 0.05) is 16.2 Å². The van der Waals surface area contributed by atoms with E-state index in [1.165, 1.54) is 0 Å². The van der Waals surface area contributed by atoms with E-state index >= 15 is 0 Å². The highest BCUT2D eigenvalue weighted by Crippen LogP contribution is 2.32. The van der Waals surface area contributed by atoms with Gasteiger partial charge in [-0.1, -0.05) is 29.3 Å². The molecule has 2 aromatic heterocycles. The predicted molar refractivity (Wildman–Crippen MR) is 82.8 cm³/mol. The SMILES string of the molecule is Nc1c(-c2ccc(Br)c(Cl)c2)nc2ccc(Cl)cn12. The number of rotatable bonds is 1. The van der Waals surface area contributed by atoms with E-state index in [0.29, 0.717) is 21.6 Å². The summed E-state index contributed by atoms with van der Waals surface area (Å²) < 4.78 is 2.59. The standard InChI is InChI=1S/C13H8BrCl2N3/c14-9-3-1-7(5-10(9)16)12-13(17)19-6-8(15)2-4-11(19)18-12/h1-6H,17H2. The topological polar surface area (TPSA) is 43.3 Å². The molecule has 3 aromatic rings. The van der Waals surface area contributed by atoms with Gasteiger partial charge in [0.05, 0.1) is 10.0 Å². The van der Waals surface area contributed by atoms with Gasteiger partial charge in [0.2, 0.25) is 0 Å². The third-order valence-electron chi connectivity index (χ3n) is 2.81. The molecule has 0 saturated carbocycles. The lowest BCUT2D eigenvalue weighted by atomic mass is 10.1. The van der Waals surface area contributed by atoms with Crippen LogP contribution < -0.4 is 5.73 Å². The zero-order chi connectivity index (χ0) is 13.6. The maximum absolute atomic E-state index is 6.12. The molecular weight excluding hydrogens is 349 g/mol. The minimum absolute atomic E-state index is 0.538. The van der Waals surface area contributed by atoms with E-state index in [1.807, 2.05) is 24.3 Å². The van der Waals surface area contributed by atoms with E-state index in [4.69, 9.17) is 28.9 Å². The molecule has 0 radical (unpaired) electrons. The number of fused-ring (bicyclic) bond motifs is 1. The second-order valence-electron chi connectivity index (χ2n) is 4.05. The molecule has 3 rings (SSSR count). The Morgan fingerprint density at radius 3 is 2.68 bits per heavy atom. The molecule has 0 aliphatic carbocycles. The summed E-state index contributed by atoms with van der Waals surface area (Å²) in [7, 11) is 0. The fourth-order valence-corrected chi connectivity index (χ4v) is 2.48. The molecule has 0 aliphatic rings. The molecule has 0 bridgehead atoms. The van der Waals surface area contributed by atoms with Gasteiger partial charge in [0.1, 0.15) is 17.2 Å². The largest absolute Gasteiger partial charge is 0.383 e. The van der Waals surface area contributed by atoms with Gasteiger partial charge < -0.3 is 5.73 Å². The van der Waals surface area contributed by atoms with Crippen LogP contribution in [0.15, 0.2) is 41.0 Å². The fraction of sp³-hybridized carbons (Fsp3) is 0. The third kappa shape index (κ3) is 2.20. The van der Waals surface area contributed by atoms with E-state index in [2.05, 4.69) is 20.9 Å². The normalized spacial score (nSPS) is 11.1. The number of nitrogens with two attached hydrogens (primary N) is 1. The van der Waals surface area contributed by atoms with Gasteiger partial charge in [-0.25, -0.2) is 4.98 Å². The lowest BCUT2D eigenvalue weighted by molar-refractivity contribution is 1.20. The van der Waals surface area contributed by atoms with Gasteiger partial charge in [-0.15, -0.1) is 0 Å². The van der Waals surface area contributed by atoms with Crippen LogP contribution in [0.4, 0.5) is 5.82 Å². The summed E-state index contributed by atoms with van der Waals surface area (Å²) in [6, 6.07) is 9.21. The van der Waals surface area contributed by atoms with E-state index < -0.39 is 0 Å². The number of nitrogen functional groups attached to an aromatic ring is 1. The Balaban J connectivity index is 2.24. The first kappa shape index (κ1) is 12.8. The van der Waals surface area contributed by atoms with Crippen LogP contribution in [0.5, 0.6) is 0 Å². The summed E-state index contributed by atoms with van der Waals surface area (Å²) in [5.41, 5.74) is 8.42. The van der Waals surface area contributed by atoms with Gasteiger partial charge >= 0.3 is 0 Å². The fourth-order valence-electron chi connectivity index (χ4n) is 1.89. The van der Waals surface area contributed by atoms with Crippen LogP contribution in [0.3, 0.4) is 0 Å². The monoisotopic (exact) mass is 355 g/mol. The maximum atomic E-state index is 6.12. The molecule has 3 nitrogen and oxygen atoms in total. The molecule has 0 amide bonds. The highest BCUT2D eigenvalue weighted by Gasteiger charge is 2.12. The predicted octanol–water partition coefficient (Wildman–Crippen LogP) is 4.65. The Morgan fingerprint density at radius 1 is 1.16 bits per heavy atom. The Morgan fingerprint density at radius 2 is 1.95 bits per heavy atom. The number of imidazole rings is 1. The van der Waals surface area contributed by atoms with E-state index in [1.54, 1.807) is 16.7 Å². The number of halogens is 3. The molecule has 0 spiro atoms. The van der Waals surface area contributed by atoms with Crippen molar-refractivity contribution in [2.75, 3.05) is 5.73 Å². The zero-order valence-electron chi connectivity index (χ0n) is 9.57. The molecule has 96 valence electrons. The second-order valence-corrected chi connectivity index (χ2v) is 5.75. The summed E-state index contributed by atoms with van der Waals surface area (Å²) in [6.45, 7) is 0. The molecule has 2 heterocycles. The smallest absolute Gasteiger partial charge is 0.139 e. The summed E-state index contributed by atoms with van der Waals surface area (Å²) in [4.78, 5) is 4.50. The number of benzene rings is 1. The van der Waals surface area contributed by atoms with Crippen molar-refractivity contribution >= 4 is 50.6 Å². The molecule has 0 saturated heterocycles. The Kier molecular flexibility index (Phi) is 3.17. The Bertz CT molecular complexity index is 783. The summed E-state index contributed by atoms with van der Waals surface area (Å²) >= 11 is 15.4.